The predicted molar refractivity (Wildman–Crippen MR) is 90.3 cm³/mol. The summed E-state index contributed by atoms with van der Waals surface area (Å²) >= 11 is 4.80. The molecule has 2 aromatic rings. The molecule has 0 aliphatic heterocycles. The van der Waals surface area contributed by atoms with Gasteiger partial charge in [0.25, 0.3) is 0 Å². The van der Waals surface area contributed by atoms with Crippen LogP contribution in [0.5, 0.6) is 0 Å². The van der Waals surface area contributed by atoms with Crippen molar-refractivity contribution in [2.45, 2.75) is 30.7 Å². The summed E-state index contributed by atoms with van der Waals surface area (Å²) in [6.45, 7) is 4.49. The minimum Gasteiger partial charge on any atom is -0.351 e. The number of hydrogen-bond donors (Lipinski definition) is 1. The van der Waals surface area contributed by atoms with E-state index < -0.39 is 0 Å². The van der Waals surface area contributed by atoms with Gasteiger partial charge >= 0.3 is 0 Å². The highest BCUT2D eigenvalue weighted by molar-refractivity contribution is 9.10. The molecule has 1 unspecified atom stereocenters. The summed E-state index contributed by atoms with van der Waals surface area (Å²) in [5.41, 5.74) is 2.32. The number of benzene rings is 1. The zero-order chi connectivity index (χ0) is 15.2. The van der Waals surface area contributed by atoms with Gasteiger partial charge in [-0.2, -0.15) is 0 Å². The third kappa shape index (κ3) is 5.17. The van der Waals surface area contributed by atoms with Crippen molar-refractivity contribution in [1.82, 2.24) is 10.3 Å². The third-order valence-corrected chi connectivity index (χ3v) is 4.47. The Balaban J connectivity index is 1.84. The number of nitrogens with one attached hydrogen (secondary N) is 1. The van der Waals surface area contributed by atoms with Crippen LogP contribution in [0.15, 0.2) is 52.1 Å². The first-order chi connectivity index (χ1) is 10.0. The van der Waals surface area contributed by atoms with Crippen LogP contribution in [0, 0.1) is 6.92 Å². The lowest BCUT2D eigenvalue weighted by molar-refractivity contribution is -0.120. The fourth-order valence-corrected chi connectivity index (χ4v) is 2.75. The number of rotatable bonds is 5. The molecule has 110 valence electrons. The number of carbonyl (C=O) groups excluding carboxylic acids is 1. The Kier molecular flexibility index (Phi) is 5.82. The lowest BCUT2D eigenvalue weighted by atomic mass is 10.1. The van der Waals surface area contributed by atoms with E-state index in [1.165, 1.54) is 17.3 Å². The third-order valence-electron chi connectivity index (χ3n) is 2.95. The van der Waals surface area contributed by atoms with Gasteiger partial charge in [0.15, 0.2) is 0 Å². The molecule has 21 heavy (non-hydrogen) atoms. The summed E-state index contributed by atoms with van der Waals surface area (Å²) < 4.78 is 0.934. The lowest BCUT2D eigenvalue weighted by Gasteiger charge is -2.11. The molecule has 0 spiro atoms. The van der Waals surface area contributed by atoms with E-state index in [2.05, 4.69) is 26.2 Å². The Labute approximate surface area is 137 Å². The van der Waals surface area contributed by atoms with Gasteiger partial charge < -0.3 is 5.32 Å². The van der Waals surface area contributed by atoms with Gasteiger partial charge in [-0.1, -0.05) is 41.6 Å². The molecular formula is C16H17BrN2OS. The average molecular weight is 365 g/mol. The number of aryl methyl sites for hydroxylation is 1. The molecule has 5 heteroatoms. The van der Waals surface area contributed by atoms with Crippen LogP contribution in [0.2, 0.25) is 0 Å². The van der Waals surface area contributed by atoms with Crippen molar-refractivity contribution < 1.29 is 4.79 Å². The normalized spacial score (nSPS) is 12.0. The van der Waals surface area contributed by atoms with Crippen LogP contribution in [0.1, 0.15) is 18.1 Å². The summed E-state index contributed by atoms with van der Waals surface area (Å²) in [6, 6.07) is 12.0. The van der Waals surface area contributed by atoms with Crippen LogP contribution in [0.25, 0.3) is 0 Å². The highest BCUT2D eigenvalue weighted by Gasteiger charge is 2.14. The number of thioether (sulfide) groups is 1. The van der Waals surface area contributed by atoms with Crippen molar-refractivity contribution in [1.29, 1.82) is 0 Å². The van der Waals surface area contributed by atoms with E-state index in [-0.39, 0.29) is 11.2 Å². The Bertz CT molecular complexity index is 599. The Morgan fingerprint density at radius 1 is 1.29 bits per heavy atom. The Hall–Kier alpha value is -1.33. The van der Waals surface area contributed by atoms with Crippen LogP contribution in [-0.4, -0.2) is 16.1 Å². The van der Waals surface area contributed by atoms with Crippen molar-refractivity contribution >= 4 is 33.6 Å². The lowest BCUT2D eigenvalue weighted by Crippen LogP contribution is -2.30. The van der Waals surface area contributed by atoms with E-state index in [4.69, 9.17) is 0 Å². The molecule has 1 aromatic carbocycles. The molecule has 0 saturated heterocycles. The first-order valence-corrected chi connectivity index (χ1v) is 8.33. The topological polar surface area (TPSA) is 42.0 Å². The van der Waals surface area contributed by atoms with Crippen molar-refractivity contribution in [3.8, 4) is 0 Å². The number of amides is 1. The second-order valence-electron chi connectivity index (χ2n) is 4.78. The van der Waals surface area contributed by atoms with Gasteiger partial charge in [-0.3, -0.25) is 4.79 Å². The predicted octanol–water partition coefficient (Wildman–Crippen LogP) is 3.95. The molecule has 0 radical (unpaired) electrons. The molecule has 0 aliphatic carbocycles. The summed E-state index contributed by atoms with van der Waals surface area (Å²) in [5.74, 6) is 0.0188. The van der Waals surface area contributed by atoms with Gasteiger partial charge in [-0.15, -0.1) is 0 Å². The molecule has 0 saturated carbocycles. The number of pyridine rings is 1. The molecule has 1 heterocycles. The van der Waals surface area contributed by atoms with Gasteiger partial charge in [-0.05, 0) is 47.5 Å². The highest BCUT2D eigenvalue weighted by atomic mass is 79.9. The van der Waals surface area contributed by atoms with E-state index in [1.807, 2.05) is 50.2 Å². The van der Waals surface area contributed by atoms with Crippen molar-refractivity contribution in [3.63, 3.8) is 0 Å². The summed E-state index contributed by atoms with van der Waals surface area (Å²) in [6.07, 6.45) is 1.74. The molecule has 1 amide bonds. The fourth-order valence-electron chi connectivity index (χ4n) is 1.71. The van der Waals surface area contributed by atoms with Gasteiger partial charge in [0, 0.05) is 17.2 Å². The minimum atomic E-state index is -0.177. The average Bonchev–Trinajstić information content (AvgIpc) is 2.48. The molecule has 2 rings (SSSR count). The van der Waals surface area contributed by atoms with Crippen LogP contribution in [0.3, 0.4) is 0 Å². The zero-order valence-electron chi connectivity index (χ0n) is 12.0. The molecule has 0 aliphatic rings. The maximum atomic E-state index is 12.1. The minimum absolute atomic E-state index is 0.0188. The molecule has 0 fully saturated rings. The van der Waals surface area contributed by atoms with Crippen molar-refractivity contribution in [2.75, 3.05) is 0 Å². The quantitative estimate of drug-likeness (QED) is 0.816. The largest absolute Gasteiger partial charge is 0.351 e. The highest BCUT2D eigenvalue weighted by Crippen LogP contribution is 2.22. The second-order valence-corrected chi connectivity index (χ2v) is 7.05. The van der Waals surface area contributed by atoms with Crippen LogP contribution in [0.4, 0.5) is 0 Å². The molecular weight excluding hydrogens is 348 g/mol. The van der Waals surface area contributed by atoms with Gasteiger partial charge in [-0.25, -0.2) is 4.98 Å². The molecule has 3 nitrogen and oxygen atoms in total. The van der Waals surface area contributed by atoms with E-state index in [0.717, 1.165) is 15.1 Å². The van der Waals surface area contributed by atoms with Crippen LogP contribution < -0.4 is 5.32 Å². The maximum absolute atomic E-state index is 12.1. The second kappa shape index (κ2) is 7.61. The van der Waals surface area contributed by atoms with E-state index in [1.54, 1.807) is 6.20 Å². The molecule has 1 N–H and O–H groups in total. The first kappa shape index (κ1) is 16.0. The standard InChI is InChI=1S/C16H17BrN2OS/c1-11-3-5-13(6-4-11)9-19-16(20)12(2)21-15-8-7-14(17)10-18-15/h3-8,10,12H,9H2,1-2H3,(H,19,20). The van der Waals surface area contributed by atoms with Gasteiger partial charge in [0.05, 0.1) is 10.3 Å². The maximum Gasteiger partial charge on any atom is 0.233 e. The SMILES string of the molecule is Cc1ccc(CNC(=O)C(C)Sc2ccc(Br)cn2)cc1. The monoisotopic (exact) mass is 364 g/mol. The smallest absolute Gasteiger partial charge is 0.233 e. The summed E-state index contributed by atoms with van der Waals surface area (Å²) in [7, 11) is 0. The van der Waals surface area contributed by atoms with Gasteiger partial charge in [0.2, 0.25) is 5.91 Å². The number of aromatic nitrogens is 1. The number of carbonyl (C=O) groups is 1. The van der Waals surface area contributed by atoms with E-state index in [9.17, 15) is 4.79 Å². The summed E-state index contributed by atoms with van der Waals surface area (Å²) in [4.78, 5) is 16.4. The fraction of sp³-hybridized carbons (Fsp3) is 0.250. The molecule has 1 atom stereocenters. The number of hydrogen-bond acceptors (Lipinski definition) is 3. The van der Waals surface area contributed by atoms with E-state index >= 15 is 0 Å². The van der Waals surface area contributed by atoms with Crippen LogP contribution in [-0.2, 0) is 11.3 Å². The first-order valence-electron chi connectivity index (χ1n) is 6.66. The van der Waals surface area contributed by atoms with Gasteiger partial charge in [0.1, 0.15) is 0 Å². The summed E-state index contributed by atoms with van der Waals surface area (Å²) in [5, 5.41) is 3.62. The molecule has 0 bridgehead atoms. The van der Waals surface area contributed by atoms with Crippen molar-refractivity contribution in [2.24, 2.45) is 0 Å². The van der Waals surface area contributed by atoms with Crippen molar-refractivity contribution in [3.05, 3.63) is 58.2 Å². The number of nitrogens with zero attached hydrogens (tertiary/aromatic N) is 1. The van der Waals surface area contributed by atoms with E-state index in [0.29, 0.717) is 6.54 Å². The molecule has 1 aromatic heterocycles. The Morgan fingerprint density at radius 2 is 2.00 bits per heavy atom. The number of halogens is 1. The zero-order valence-corrected chi connectivity index (χ0v) is 14.4. The van der Waals surface area contributed by atoms with Crippen LogP contribution >= 0.6 is 27.7 Å². The Morgan fingerprint density at radius 3 is 2.62 bits per heavy atom.